The molecule has 2 rings (SSSR count). The molecule has 0 saturated heterocycles. The highest BCUT2D eigenvalue weighted by atomic mass is 19.4. The van der Waals surface area contributed by atoms with Gasteiger partial charge >= 0.3 is 12.1 Å². The van der Waals surface area contributed by atoms with Gasteiger partial charge in [0.2, 0.25) is 5.91 Å². The highest BCUT2D eigenvalue weighted by molar-refractivity contribution is 5.99. The zero-order valence-corrected chi connectivity index (χ0v) is 14.6. The first-order valence-electron chi connectivity index (χ1n) is 8.62. The van der Waals surface area contributed by atoms with E-state index >= 15 is 0 Å². The molecule has 1 saturated carbocycles. The van der Waals surface area contributed by atoms with Gasteiger partial charge in [0.15, 0.2) is 0 Å². The summed E-state index contributed by atoms with van der Waals surface area (Å²) >= 11 is 0. The van der Waals surface area contributed by atoms with E-state index in [1.54, 1.807) is 13.0 Å². The number of ether oxygens (including phenoxy) is 1. The minimum Gasteiger partial charge on any atom is -0.464 e. The maximum atomic E-state index is 13.4. The molecular formula is C19H22F3NO3. The molecule has 142 valence electrons. The minimum absolute atomic E-state index is 0.107. The van der Waals surface area contributed by atoms with Crippen molar-refractivity contribution in [2.75, 3.05) is 6.61 Å². The van der Waals surface area contributed by atoms with E-state index in [4.69, 9.17) is 4.74 Å². The summed E-state index contributed by atoms with van der Waals surface area (Å²) in [6.45, 7) is 1.79. The van der Waals surface area contributed by atoms with Crippen LogP contribution >= 0.6 is 0 Å². The lowest BCUT2D eigenvalue weighted by molar-refractivity contribution is -0.154. The molecule has 1 N–H and O–H groups in total. The van der Waals surface area contributed by atoms with Crippen LogP contribution in [0.1, 0.15) is 44.6 Å². The van der Waals surface area contributed by atoms with E-state index in [9.17, 15) is 22.8 Å². The number of esters is 1. The normalized spacial score (nSPS) is 17.5. The Morgan fingerprint density at radius 1 is 1.15 bits per heavy atom. The number of hydrogen-bond acceptors (Lipinski definition) is 3. The molecule has 7 heteroatoms. The number of halogens is 3. The Bertz CT molecular complexity index is 662. The fourth-order valence-electron chi connectivity index (χ4n) is 3.15. The smallest absolute Gasteiger partial charge is 0.417 e. The molecule has 1 fully saturated rings. The molecule has 0 aliphatic heterocycles. The summed E-state index contributed by atoms with van der Waals surface area (Å²) in [4.78, 5) is 24.7. The average Bonchev–Trinajstić information content (AvgIpc) is 2.60. The van der Waals surface area contributed by atoms with Gasteiger partial charge in [-0.3, -0.25) is 4.79 Å². The number of hydrogen-bond donors (Lipinski definition) is 1. The molecule has 26 heavy (non-hydrogen) atoms. The third-order valence-electron chi connectivity index (χ3n) is 4.40. The predicted molar refractivity (Wildman–Crippen MR) is 91.1 cm³/mol. The van der Waals surface area contributed by atoms with Crippen molar-refractivity contribution in [1.82, 2.24) is 5.32 Å². The van der Waals surface area contributed by atoms with Crippen LogP contribution in [0.15, 0.2) is 36.4 Å². The SMILES string of the molecule is CCOC(=O)C1(NC(=O)/C=C(/c2ccccc2)C(F)(F)F)CCCCC1. The standard InChI is InChI=1S/C19H22F3NO3/c1-2-26-17(25)18(11-7-4-8-12-18)23-16(24)13-15(19(20,21)22)14-9-5-3-6-10-14/h3,5-6,9-10,13H,2,4,7-8,11-12H2,1H3,(H,23,24)/b15-13-. The van der Waals surface area contributed by atoms with Crippen LogP contribution in [0.2, 0.25) is 0 Å². The van der Waals surface area contributed by atoms with E-state index in [1.807, 2.05) is 0 Å². The molecule has 0 spiro atoms. The Morgan fingerprint density at radius 3 is 2.31 bits per heavy atom. The second-order valence-corrected chi connectivity index (χ2v) is 6.27. The Balaban J connectivity index is 2.29. The minimum atomic E-state index is -4.69. The summed E-state index contributed by atoms with van der Waals surface area (Å²) in [5, 5.41) is 2.50. The lowest BCUT2D eigenvalue weighted by Crippen LogP contribution is -2.56. The molecule has 0 aromatic heterocycles. The quantitative estimate of drug-likeness (QED) is 0.630. The van der Waals surface area contributed by atoms with Gasteiger partial charge < -0.3 is 10.1 Å². The Kier molecular flexibility index (Phi) is 6.45. The highest BCUT2D eigenvalue weighted by Crippen LogP contribution is 2.34. The second kappa shape index (κ2) is 8.38. The molecule has 0 radical (unpaired) electrons. The molecule has 1 aromatic rings. The molecule has 1 aliphatic rings. The predicted octanol–water partition coefficient (Wildman–Crippen LogP) is 4.01. The first-order valence-corrected chi connectivity index (χ1v) is 8.62. The van der Waals surface area contributed by atoms with E-state index in [1.165, 1.54) is 24.3 Å². The molecule has 0 atom stereocenters. The third kappa shape index (κ3) is 4.86. The highest BCUT2D eigenvalue weighted by Gasteiger charge is 2.43. The lowest BCUT2D eigenvalue weighted by atomic mass is 9.81. The van der Waals surface area contributed by atoms with E-state index < -0.39 is 29.2 Å². The van der Waals surface area contributed by atoms with Crippen molar-refractivity contribution in [1.29, 1.82) is 0 Å². The fraction of sp³-hybridized carbons (Fsp3) is 0.474. The molecular weight excluding hydrogens is 347 g/mol. The van der Waals surface area contributed by atoms with Gasteiger partial charge in [-0.05, 0) is 25.3 Å². The number of nitrogens with one attached hydrogen (secondary N) is 1. The maximum absolute atomic E-state index is 13.4. The summed E-state index contributed by atoms with van der Waals surface area (Å²) in [5.41, 5.74) is -2.41. The molecule has 1 amide bonds. The van der Waals surface area contributed by atoms with Gasteiger partial charge in [0.05, 0.1) is 12.2 Å². The van der Waals surface area contributed by atoms with E-state index in [0.29, 0.717) is 31.8 Å². The molecule has 0 unspecified atom stereocenters. The number of benzene rings is 1. The zero-order valence-electron chi connectivity index (χ0n) is 14.6. The van der Waals surface area contributed by atoms with Crippen LogP contribution in [-0.2, 0) is 14.3 Å². The number of carbonyl (C=O) groups excluding carboxylic acids is 2. The van der Waals surface area contributed by atoms with Crippen molar-refractivity contribution in [3.63, 3.8) is 0 Å². The summed E-state index contributed by atoms with van der Waals surface area (Å²) in [6, 6.07) is 7.10. The first kappa shape index (κ1) is 20.0. The number of carbonyl (C=O) groups is 2. The van der Waals surface area contributed by atoms with Crippen LogP contribution < -0.4 is 5.32 Å². The van der Waals surface area contributed by atoms with Gasteiger partial charge in [-0.15, -0.1) is 0 Å². The van der Waals surface area contributed by atoms with Crippen LogP contribution in [0, 0.1) is 0 Å². The largest absolute Gasteiger partial charge is 0.464 e. The van der Waals surface area contributed by atoms with E-state index in [2.05, 4.69) is 5.32 Å². The Labute approximate surface area is 150 Å². The third-order valence-corrected chi connectivity index (χ3v) is 4.40. The number of allylic oxidation sites excluding steroid dienone is 1. The average molecular weight is 369 g/mol. The van der Waals surface area contributed by atoms with Crippen molar-refractivity contribution in [2.45, 2.75) is 50.7 Å². The van der Waals surface area contributed by atoms with Gasteiger partial charge in [0, 0.05) is 6.08 Å². The topological polar surface area (TPSA) is 55.4 Å². The molecule has 1 aliphatic carbocycles. The van der Waals surface area contributed by atoms with Crippen molar-refractivity contribution in [3.05, 3.63) is 42.0 Å². The first-order chi connectivity index (χ1) is 12.3. The van der Waals surface area contributed by atoms with Gasteiger partial charge in [0.1, 0.15) is 5.54 Å². The molecule has 1 aromatic carbocycles. The van der Waals surface area contributed by atoms with Crippen LogP contribution in [0.25, 0.3) is 5.57 Å². The van der Waals surface area contributed by atoms with Gasteiger partial charge in [-0.25, -0.2) is 4.79 Å². The van der Waals surface area contributed by atoms with Gasteiger partial charge in [-0.2, -0.15) is 13.2 Å². The van der Waals surface area contributed by atoms with E-state index in [-0.39, 0.29) is 12.2 Å². The monoisotopic (exact) mass is 369 g/mol. The van der Waals surface area contributed by atoms with Crippen LogP contribution in [0.4, 0.5) is 13.2 Å². The van der Waals surface area contributed by atoms with Gasteiger partial charge in [0.25, 0.3) is 0 Å². The fourth-order valence-corrected chi connectivity index (χ4v) is 3.15. The summed E-state index contributed by atoms with van der Waals surface area (Å²) in [5.74, 6) is -1.54. The second-order valence-electron chi connectivity index (χ2n) is 6.27. The van der Waals surface area contributed by atoms with Crippen LogP contribution in [-0.4, -0.2) is 30.2 Å². The zero-order chi connectivity index (χ0) is 19.2. The van der Waals surface area contributed by atoms with Crippen molar-refractivity contribution in [2.24, 2.45) is 0 Å². The summed E-state index contributed by atoms with van der Waals surface area (Å²) in [6.07, 6.45) is -1.14. The van der Waals surface area contributed by atoms with Crippen molar-refractivity contribution >= 4 is 17.4 Å². The molecule has 0 bridgehead atoms. The Morgan fingerprint density at radius 2 is 1.77 bits per heavy atom. The Hall–Kier alpha value is -2.31. The van der Waals surface area contributed by atoms with Crippen molar-refractivity contribution in [3.8, 4) is 0 Å². The summed E-state index contributed by atoms with van der Waals surface area (Å²) in [7, 11) is 0. The van der Waals surface area contributed by atoms with Gasteiger partial charge in [-0.1, -0.05) is 49.6 Å². The number of rotatable bonds is 5. The number of amides is 1. The van der Waals surface area contributed by atoms with Crippen molar-refractivity contribution < 1.29 is 27.5 Å². The number of alkyl halides is 3. The molecule has 0 heterocycles. The molecule has 4 nitrogen and oxygen atoms in total. The van der Waals surface area contributed by atoms with Crippen LogP contribution in [0.5, 0.6) is 0 Å². The lowest BCUT2D eigenvalue weighted by Gasteiger charge is -2.35. The maximum Gasteiger partial charge on any atom is 0.417 e. The summed E-state index contributed by atoms with van der Waals surface area (Å²) < 4.78 is 45.2. The van der Waals surface area contributed by atoms with E-state index in [0.717, 1.165) is 6.42 Å². The van der Waals surface area contributed by atoms with Crippen LogP contribution in [0.3, 0.4) is 0 Å².